The highest BCUT2D eigenvalue weighted by atomic mass is 28.4. The molecule has 0 radical (unpaired) electrons. The molecule has 0 saturated heterocycles. The van der Waals surface area contributed by atoms with Crippen LogP contribution in [0.2, 0.25) is 18.1 Å². The molecule has 0 amide bonds. The number of hydrogen-bond acceptors (Lipinski definition) is 3. The Morgan fingerprint density at radius 1 is 1.26 bits per heavy atom. The standard InChI is InChI=1S/C14H31NO3Si/c1-8-9-10-11-13(12(2)15(16)17)18-19(6,7)14(3,4)5/h12-13H,8-11H2,1-7H3/t12-,13+/m0/s1. The molecule has 4 nitrogen and oxygen atoms in total. The second-order valence-corrected chi connectivity index (χ2v) is 11.7. The Hall–Kier alpha value is -0.423. The van der Waals surface area contributed by atoms with E-state index in [0.717, 1.165) is 25.7 Å². The minimum Gasteiger partial charge on any atom is -0.407 e. The molecule has 0 spiro atoms. The second kappa shape index (κ2) is 7.38. The number of nitro groups is 1. The molecule has 19 heavy (non-hydrogen) atoms. The zero-order valence-corrected chi connectivity index (χ0v) is 14.7. The first-order valence-corrected chi connectivity index (χ1v) is 10.2. The Labute approximate surface area is 119 Å². The van der Waals surface area contributed by atoms with Gasteiger partial charge >= 0.3 is 0 Å². The first-order chi connectivity index (χ1) is 8.53. The summed E-state index contributed by atoms with van der Waals surface area (Å²) in [5, 5.41) is 11.1. The van der Waals surface area contributed by atoms with E-state index in [-0.39, 0.29) is 16.1 Å². The highest BCUT2D eigenvalue weighted by molar-refractivity contribution is 6.74. The molecule has 0 aromatic carbocycles. The molecule has 0 saturated carbocycles. The molecule has 0 aromatic heterocycles. The van der Waals surface area contributed by atoms with Gasteiger partial charge in [-0.3, -0.25) is 10.1 Å². The van der Waals surface area contributed by atoms with Crippen LogP contribution < -0.4 is 0 Å². The SMILES string of the molecule is CCCCC[C@@H](O[Si](C)(C)C(C)(C)C)[C@H](C)[N+](=O)[O-]. The van der Waals surface area contributed by atoms with Crippen LogP contribution in [0, 0.1) is 10.1 Å². The monoisotopic (exact) mass is 289 g/mol. The van der Waals surface area contributed by atoms with Crippen LogP contribution in [0.4, 0.5) is 0 Å². The predicted molar refractivity (Wildman–Crippen MR) is 82.7 cm³/mol. The van der Waals surface area contributed by atoms with E-state index < -0.39 is 14.4 Å². The fraction of sp³-hybridized carbons (Fsp3) is 1.00. The topological polar surface area (TPSA) is 52.4 Å². The normalized spacial score (nSPS) is 16.2. The van der Waals surface area contributed by atoms with E-state index in [1.54, 1.807) is 6.92 Å². The van der Waals surface area contributed by atoms with E-state index in [2.05, 4.69) is 40.8 Å². The molecule has 2 atom stereocenters. The number of hydrogen-bond donors (Lipinski definition) is 0. The Bertz CT molecular complexity index is 287. The summed E-state index contributed by atoms with van der Waals surface area (Å²) < 4.78 is 6.27. The van der Waals surface area contributed by atoms with E-state index in [9.17, 15) is 10.1 Å². The maximum absolute atomic E-state index is 11.0. The van der Waals surface area contributed by atoms with Crippen molar-refractivity contribution < 1.29 is 9.35 Å². The van der Waals surface area contributed by atoms with Gasteiger partial charge < -0.3 is 4.43 Å². The molecule has 0 bridgehead atoms. The quantitative estimate of drug-likeness (QED) is 0.283. The third-order valence-corrected chi connectivity index (χ3v) is 8.72. The van der Waals surface area contributed by atoms with Crippen molar-refractivity contribution in [3.05, 3.63) is 10.1 Å². The van der Waals surface area contributed by atoms with Gasteiger partial charge in [0.1, 0.15) is 6.10 Å². The first kappa shape index (κ1) is 18.6. The molecule has 0 N–H and O–H groups in total. The summed E-state index contributed by atoms with van der Waals surface area (Å²) in [6.45, 7) is 14.6. The molecule has 0 aliphatic rings. The second-order valence-electron chi connectivity index (χ2n) is 6.94. The minimum atomic E-state index is -1.94. The van der Waals surface area contributed by atoms with Gasteiger partial charge in [0.25, 0.3) is 0 Å². The highest BCUT2D eigenvalue weighted by Gasteiger charge is 2.42. The summed E-state index contributed by atoms with van der Waals surface area (Å²) in [6.07, 6.45) is 3.79. The molecular weight excluding hydrogens is 258 g/mol. The van der Waals surface area contributed by atoms with Crippen LogP contribution in [-0.4, -0.2) is 25.4 Å². The minimum absolute atomic E-state index is 0.0896. The zero-order valence-electron chi connectivity index (χ0n) is 13.7. The molecule has 0 unspecified atom stereocenters. The molecule has 0 aromatic rings. The lowest BCUT2D eigenvalue weighted by molar-refractivity contribution is -0.529. The van der Waals surface area contributed by atoms with Crippen molar-refractivity contribution in [1.29, 1.82) is 0 Å². The van der Waals surface area contributed by atoms with Crippen LogP contribution in [0.25, 0.3) is 0 Å². The summed E-state index contributed by atoms with van der Waals surface area (Å²) in [4.78, 5) is 10.8. The maximum atomic E-state index is 11.0. The Balaban J connectivity index is 4.80. The molecule has 0 aliphatic carbocycles. The van der Waals surface area contributed by atoms with Gasteiger partial charge in [0.15, 0.2) is 8.32 Å². The van der Waals surface area contributed by atoms with E-state index in [0.29, 0.717) is 0 Å². The van der Waals surface area contributed by atoms with E-state index in [1.165, 1.54) is 0 Å². The summed E-state index contributed by atoms with van der Waals surface area (Å²) in [5.41, 5.74) is 0. The van der Waals surface area contributed by atoms with Gasteiger partial charge in [0.05, 0.1) is 0 Å². The van der Waals surface area contributed by atoms with Gasteiger partial charge in [-0.2, -0.15) is 0 Å². The molecule has 5 heteroatoms. The van der Waals surface area contributed by atoms with Crippen molar-refractivity contribution in [2.45, 2.75) is 90.6 Å². The summed E-state index contributed by atoms with van der Waals surface area (Å²) in [6, 6.07) is -0.619. The Kier molecular flexibility index (Phi) is 7.22. The Morgan fingerprint density at radius 2 is 1.79 bits per heavy atom. The first-order valence-electron chi connectivity index (χ1n) is 7.34. The van der Waals surface area contributed by atoms with Crippen molar-refractivity contribution in [2.75, 3.05) is 0 Å². The molecule has 114 valence electrons. The van der Waals surface area contributed by atoms with Crippen LogP contribution in [-0.2, 0) is 4.43 Å². The average Bonchev–Trinajstić information content (AvgIpc) is 2.25. The lowest BCUT2D eigenvalue weighted by atomic mass is 10.1. The largest absolute Gasteiger partial charge is 0.407 e. The third kappa shape index (κ3) is 6.04. The zero-order chi connectivity index (χ0) is 15.3. The fourth-order valence-electron chi connectivity index (χ4n) is 1.69. The summed E-state index contributed by atoms with van der Waals surface area (Å²) in [5.74, 6) is 0. The number of rotatable bonds is 8. The van der Waals surface area contributed by atoms with Gasteiger partial charge in [-0.25, -0.2) is 0 Å². The lowest BCUT2D eigenvalue weighted by Gasteiger charge is -2.39. The predicted octanol–water partition coefficient (Wildman–Crippen LogP) is 4.62. The van der Waals surface area contributed by atoms with Crippen molar-refractivity contribution in [3.8, 4) is 0 Å². The van der Waals surface area contributed by atoms with Crippen LogP contribution in [0.1, 0.15) is 60.3 Å². The van der Waals surface area contributed by atoms with Crippen LogP contribution in [0.15, 0.2) is 0 Å². The maximum Gasteiger partial charge on any atom is 0.234 e. The van der Waals surface area contributed by atoms with Gasteiger partial charge in [0.2, 0.25) is 6.04 Å². The number of nitrogens with zero attached hydrogens (tertiary/aromatic N) is 1. The average molecular weight is 289 g/mol. The van der Waals surface area contributed by atoms with Gasteiger partial charge in [-0.1, -0.05) is 47.0 Å². The van der Waals surface area contributed by atoms with Crippen LogP contribution >= 0.6 is 0 Å². The molecule has 0 aliphatic heterocycles. The van der Waals surface area contributed by atoms with Crippen molar-refractivity contribution in [2.24, 2.45) is 0 Å². The molecule has 0 rings (SSSR count). The van der Waals surface area contributed by atoms with Gasteiger partial charge in [0, 0.05) is 11.8 Å². The fourth-order valence-corrected chi connectivity index (χ4v) is 3.11. The van der Waals surface area contributed by atoms with E-state index in [1.807, 2.05) is 0 Å². The molecular formula is C14H31NO3Si. The smallest absolute Gasteiger partial charge is 0.234 e. The highest BCUT2D eigenvalue weighted by Crippen LogP contribution is 2.38. The van der Waals surface area contributed by atoms with Gasteiger partial charge in [-0.05, 0) is 24.6 Å². The Morgan fingerprint density at radius 3 is 2.16 bits per heavy atom. The summed E-state index contributed by atoms with van der Waals surface area (Å²) in [7, 11) is -1.94. The van der Waals surface area contributed by atoms with Crippen molar-refractivity contribution in [3.63, 3.8) is 0 Å². The van der Waals surface area contributed by atoms with Crippen LogP contribution in [0.3, 0.4) is 0 Å². The van der Waals surface area contributed by atoms with Gasteiger partial charge in [-0.15, -0.1) is 0 Å². The molecule has 0 heterocycles. The molecule has 0 fully saturated rings. The van der Waals surface area contributed by atoms with Crippen molar-refractivity contribution in [1.82, 2.24) is 0 Å². The van der Waals surface area contributed by atoms with Crippen molar-refractivity contribution >= 4 is 8.32 Å². The van der Waals surface area contributed by atoms with E-state index in [4.69, 9.17) is 4.43 Å². The van der Waals surface area contributed by atoms with E-state index >= 15 is 0 Å². The number of unbranched alkanes of at least 4 members (excludes halogenated alkanes) is 2. The third-order valence-electron chi connectivity index (χ3n) is 4.21. The summed E-state index contributed by atoms with van der Waals surface area (Å²) >= 11 is 0. The lowest BCUT2D eigenvalue weighted by Crippen LogP contribution is -2.48. The van der Waals surface area contributed by atoms with Crippen LogP contribution in [0.5, 0.6) is 0 Å².